The van der Waals surface area contributed by atoms with Gasteiger partial charge < -0.3 is 5.32 Å². The van der Waals surface area contributed by atoms with Crippen LogP contribution in [-0.2, 0) is 20.5 Å². The molecule has 2 aromatic rings. The van der Waals surface area contributed by atoms with Crippen molar-refractivity contribution < 1.29 is 9.59 Å². The standard InChI is InChI=1S/C25H35ClN4O2S/c1-8-12-27-18(31)14-29-19(32)15-33-21(16-10-9-11-17(26)13-16)20-22(24(2,3)4)28-30(23(20)29)25(5,6)7/h9-11,13,21H,8,12,14-15H2,1-7H3,(H,27,31). The molecule has 0 radical (unpaired) electrons. The second-order valence-corrected chi connectivity index (χ2v) is 12.0. The lowest BCUT2D eigenvalue weighted by Crippen LogP contribution is -2.43. The maximum Gasteiger partial charge on any atom is 0.240 e. The van der Waals surface area contributed by atoms with Crippen LogP contribution in [-0.4, -0.2) is 40.4 Å². The Hall–Kier alpha value is -1.99. The van der Waals surface area contributed by atoms with Gasteiger partial charge in [-0.15, -0.1) is 11.8 Å². The Morgan fingerprint density at radius 1 is 1.24 bits per heavy atom. The summed E-state index contributed by atoms with van der Waals surface area (Å²) in [6, 6.07) is 7.79. The zero-order valence-electron chi connectivity index (χ0n) is 20.7. The number of fused-ring (bicyclic) bond motifs is 1. The molecule has 0 aliphatic carbocycles. The van der Waals surface area contributed by atoms with E-state index < -0.39 is 0 Å². The molecule has 0 spiro atoms. The van der Waals surface area contributed by atoms with Crippen molar-refractivity contribution in [2.24, 2.45) is 0 Å². The van der Waals surface area contributed by atoms with Crippen LogP contribution in [0.5, 0.6) is 0 Å². The highest BCUT2D eigenvalue weighted by Gasteiger charge is 2.41. The zero-order chi connectivity index (χ0) is 24.6. The van der Waals surface area contributed by atoms with E-state index in [0.717, 1.165) is 23.2 Å². The lowest BCUT2D eigenvalue weighted by molar-refractivity contribution is -0.122. The predicted octanol–water partition coefficient (Wildman–Crippen LogP) is 5.28. The van der Waals surface area contributed by atoms with E-state index in [1.807, 2.05) is 35.9 Å². The molecule has 33 heavy (non-hydrogen) atoms. The molecule has 0 fully saturated rings. The van der Waals surface area contributed by atoms with E-state index >= 15 is 0 Å². The molecule has 1 N–H and O–H groups in total. The fourth-order valence-electron chi connectivity index (χ4n) is 3.94. The van der Waals surface area contributed by atoms with Gasteiger partial charge in [0.2, 0.25) is 11.8 Å². The molecule has 0 bridgehead atoms. The van der Waals surface area contributed by atoms with E-state index in [1.165, 1.54) is 0 Å². The van der Waals surface area contributed by atoms with Gasteiger partial charge in [-0.2, -0.15) is 5.10 Å². The van der Waals surface area contributed by atoms with Gasteiger partial charge >= 0.3 is 0 Å². The summed E-state index contributed by atoms with van der Waals surface area (Å²) in [5.41, 5.74) is 2.29. The largest absolute Gasteiger partial charge is 0.355 e. The smallest absolute Gasteiger partial charge is 0.240 e. The molecule has 0 saturated heterocycles. The van der Waals surface area contributed by atoms with Crippen molar-refractivity contribution in [1.29, 1.82) is 0 Å². The van der Waals surface area contributed by atoms with Crippen LogP contribution in [0.4, 0.5) is 5.82 Å². The molecule has 6 nitrogen and oxygen atoms in total. The highest BCUT2D eigenvalue weighted by atomic mass is 35.5. The lowest BCUT2D eigenvalue weighted by Gasteiger charge is -2.29. The third kappa shape index (κ3) is 5.57. The number of benzene rings is 1. The van der Waals surface area contributed by atoms with Gasteiger partial charge in [-0.05, 0) is 44.9 Å². The van der Waals surface area contributed by atoms with E-state index in [0.29, 0.717) is 17.4 Å². The molecule has 1 aliphatic rings. The van der Waals surface area contributed by atoms with Crippen molar-refractivity contribution in [3.8, 4) is 0 Å². The summed E-state index contributed by atoms with van der Waals surface area (Å²) in [6.07, 6.45) is 0.839. The Labute approximate surface area is 206 Å². The molecule has 0 saturated carbocycles. The molecule has 3 rings (SSSR count). The minimum Gasteiger partial charge on any atom is -0.355 e. The highest BCUT2D eigenvalue weighted by Crippen LogP contribution is 2.49. The topological polar surface area (TPSA) is 67.2 Å². The number of nitrogens with zero attached hydrogens (tertiary/aromatic N) is 3. The minimum absolute atomic E-state index is 0.0278. The number of hydrogen-bond donors (Lipinski definition) is 1. The Kier molecular flexibility index (Phi) is 7.54. The normalized spacial score (nSPS) is 17.0. The molecule has 1 aromatic carbocycles. The van der Waals surface area contributed by atoms with Crippen LogP contribution in [0.15, 0.2) is 24.3 Å². The maximum atomic E-state index is 13.4. The average Bonchev–Trinajstić information content (AvgIpc) is 3.06. The number of halogens is 1. The minimum atomic E-state index is -0.389. The van der Waals surface area contributed by atoms with Crippen LogP contribution < -0.4 is 10.2 Å². The summed E-state index contributed by atoms with van der Waals surface area (Å²) in [4.78, 5) is 27.8. The zero-order valence-corrected chi connectivity index (χ0v) is 22.2. The van der Waals surface area contributed by atoms with Gasteiger partial charge in [-0.1, -0.05) is 51.4 Å². The van der Waals surface area contributed by atoms with Crippen molar-refractivity contribution in [1.82, 2.24) is 15.1 Å². The molecule has 8 heteroatoms. The molecule has 2 heterocycles. The number of amides is 2. The molecule has 1 aromatic heterocycles. The maximum absolute atomic E-state index is 13.4. The van der Waals surface area contributed by atoms with E-state index in [2.05, 4.69) is 46.9 Å². The number of anilines is 1. The first-order valence-electron chi connectivity index (χ1n) is 11.4. The van der Waals surface area contributed by atoms with E-state index in [1.54, 1.807) is 16.7 Å². The molecule has 1 unspecified atom stereocenters. The monoisotopic (exact) mass is 490 g/mol. The highest BCUT2D eigenvalue weighted by molar-refractivity contribution is 8.00. The van der Waals surface area contributed by atoms with Crippen LogP contribution in [0.25, 0.3) is 0 Å². The van der Waals surface area contributed by atoms with Crippen LogP contribution in [0, 0.1) is 0 Å². The van der Waals surface area contributed by atoms with Crippen LogP contribution in [0.3, 0.4) is 0 Å². The fraction of sp³-hybridized carbons (Fsp3) is 0.560. The van der Waals surface area contributed by atoms with Gasteiger partial charge in [0.25, 0.3) is 0 Å². The SMILES string of the molecule is CCCNC(=O)CN1C(=O)CSC(c2cccc(Cl)c2)c2c(C(C)(C)C)nn(C(C)(C)C)c21. The third-order valence-corrected chi connectivity index (χ3v) is 6.95. The van der Waals surface area contributed by atoms with Gasteiger partial charge in [0, 0.05) is 22.5 Å². The second kappa shape index (κ2) is 9.71. The van der Waals surface area contributed by atoms with Gasteiger partial charge in [0.15, 0.2) is 0 Å². The van der Waals surface area contributed by atoms with Crippen LogP contribution in [0.1, 0.15) is 77.0 Å². The number of hydrogen-bond acceptors (Lipinski definition) is 4. The summed E-state index contributed by atoms with van der Waals surface area (Å²) < 4.78 is 1.93. The van der Waals surface area contributed by atoms with Crippen molar-refractivity contribution in [2.75, 3.05) is 23.7 Å². The summed E-state index contributed by atoms with van der Waals surface area (Å²) >= 11 is 7.92. The number of carbonyl (C=O) groups excluding carboxylic acids is 2. The second-order valence-electron chi connectivity index (χ2n) is 10.5. The van der Waals surface area contributed by atoms with Crippen LogP contribution >= 0.6 is 23.4 Å². The third-order valence-electron chi connectivity index (χ3n) is 5.46. The molecule has 1 aliphatic heterocycles. The first kappa shape index (κ1) is 25.6. The number of thioether (sulfide) groups is 1. The van der Waals surface area contributed by atoms with Crippen molar-refractivity contribution in [3.05, 3.63) is 46.1 Å². The quantitative estimate of drug-likeness (QED) is 0.618. The predicted molar refractivity (Wildman–Crippen MR) is 137 cm³/mol. The van der Waals surface area contributed by atoms with Gasteiger partial charge in [-0.3, -0.25) is 14.5 Å². The number of carbonyl (C=O) groups is 2. The lowest BCUT2D eigenvalue weighted by atomic mass is 9.87. The van der Waals surface area contributed by atoms with E-state index in [9.17, 15) is 9.59 Å². The fourth-order valence-corrected chi connectivity index (χ4v) is 5.32. The number of nitrogens with one attached hydrogen (secondary N) is 1. The molecule has 180 valence electrons. The van der Waals surface area contributed by atoms with Gasteiger partial charge in [-0.25, -0.2) is 4.68 Å². The van der Waals surface area contributed by atoms with Crippen molar-refractivity contribution in [2.45, 2.75) is 71.1 Å². The Bertz CT molecular complexity index is 1040. The van der Waals surface area contributed by atoms with E-state index in [4.69, 9.17) is 16.7 Å². The summed E-state index contributed by atoms with van der Waals surface area (Å²) in [5.74, 6) is 0.712. The summed E-state index contributed by atoms with van der Waals surface area (Å²) in [7, 11) is 0. The van der Waals surface area contributed by atoms with Gasteiger partial charge in [0.05, 0.1) is 22.2 Å². The summed E-state index contributed by atoms with van der Waals surface area (Å²) in [6.45, 7) is 15.2. The first-order chi connectivity index (χ1) is 15.3. The van der Waals surface area contributed by atoms with Crippen molar-refractivity contribution in [3.63, 3.8) is 0 Å². The molecular formula is C25H35ClN4O2S. The molecule has 2 amide bonds. The Morgan fingerprint density at radius 3 is 2.52 bits per heavy atom. The number of aromatic nitrogens is 2. The van der Waals surface area contributed by atoms with Gasteiger partial charge in [0.1, 0.15) is 12.4 Å². The van der Waals surface area contributed by atoms with E-state index in [-0.39, 0.29) is 40.3 Å². The molecular weight excluding hydrogens is 456 g/mol. The first-order valence-corrected chi connectivity index (χ1v) is 12.8. The summed E-state index contributed by atoms with van der Waals surface area (Å²) in [5, 5.41) is 8.51. The van der Waals surface area contributed by atoms with Crippen LogP contribution in [0.2, 0.25) is 5.02 Å². The molecule has 1 atom stereocenters. The number of rotatable bonds is 5. The van der Waals surface area contributed by atoms with Crippen molar-refractivity contribution >= 4 is 41.0 Å². The average molecular weight is 491 g/mol. The Morgan fingerprint density at radius 2 is 1.94 bits per heavy atom. The Balaban J connectivity index is 2.29.